The van der Waals surface area contributed by atoms with E-state index in [1.165, 1.54) is 0 Å². The molecule has 1 aliphatic rings. The lowest BCUT2D eigenvalue weighted by atomic mass is 9.94. The third-order valence-electron chi connectivity index (χ3n) is 4.26. The molecule has 1 aliphatic heterocycles. The van der Waals surface area contributed by atoms with Crippen LogP contribution in [0.3, 0.4) is 0 Å². The van der Waals surface area contributed by atoms with Crippen molar-refractivity contribution in [3.63, 3.8) is 0 Å². The molecule has 1 heterocycles. The number of hydrogen-bond donors (Lipinski definition) is 2. The molecule has 2 aromatic carbocycles. The average molecular weight is 311 g/mol. The minimum atomic E-state index is -0.865. The van der Waals surface area contributed by atoms with Crippen LogP contribution in [0.15, 0.2) is 54.6 Å². The Kier molecular flexibility index (Phi) is 4.74. The number of aliphatic hydroxyl groups is 1. The zero-order valence-electron chi connectivity index (χ0n) is 13.0. The third kappa shape index (κ3) is 3.78. The standard InChI is InChI=1S/C19H21NO3/c21-18(20-14-19(22)10-12-23-13-11-19)17-9-5-4-8-16(17)15-6-2-1-3-7-15/h1-9,22H,10-14H2,(H,20,21). The van der Waals surface area contributed by atoms with E-state index in [1.54, 1.807) is 0 Å². The van der Waals surface area contributed by atoms with Crippen LogP contribution in [0.1, 0.15) is 23.2 Å². The van der Waals surface area contributed by atoms with Gasteiger partial charge >= 0.3 is 0 Å². The predicted octanol–water partition coefficient (Wildman–Crippen LogP) is 2.62. The molecule has 0 radical (unpaired) electrons. The van der Waals surface area contributed by atoms with Crippen LogP contribution in [0, 0.1) is 0 Å². The third-order valence-corrected chi connectivity index (χ3v) is 4.26. The Bertz CT molecular complexity index is 663. The predicted molar refractivity (Wildman–Crippen MR) is 89.2 cm³/mol. The topological polar surface area (TPSA) is 58.6 Å². The summed E-state index contributed by atoms with van der Waals surface area (Å²) in [6.07, 6.45) is 1.10. The Morgan fingerprint density at radius 1 is 1.04 bits per heavy atom. The molecular formula is C19H21NO3. The van der Waals surface area contributed by atoms with Gasteiger partial charge in [0.25, 0.3) is 5.91 Å². The van der Waals surface area contributed by atoms with Gasteiger partial charge in [-0.1, -0.05) is 48.5 Å². The fourth-order valence-electron chi connectivity index (χ4n) is 2.82. The molecule has 0 aliphatic carbocycles. The first kappa shape index (κ1) is 15.7. The first-order valence-electron chi connectivity index (χ1n) is 7.91. The highest BCUT2D eigenvalue weighted by atomic mass is 16.5. The quantitative estimate of drug-likeness (QED) is 0.912. The van der Waals surface area contributed by atoms with Gasteiger partial charge in [-0.2, -0.15) is 0 Å². The first-order valence-corrected chi connectivity index (χ1v) is 7.91. The number of rotatable bonds is 4. The minimum Gasteiger partial charge on any atom is -0.388 e. The van der Waals surface area contributed by atoms with Crippen LogP contribution in [-0.2, 0) is 4.74 Å². The number of amides is 1. The Morgan fingerprint density at radius 2 is 1.70 bits per heavy atom. The van der Waals surface area contributed by atoms with Crippen molar-refractivity contribution in [3.05, 3.63) is 60.2 Å². The van der Waals surface area contributed by atoms with Crippen LogP contribution in [0.5, 0.6) is 0 Å². The lowest BCUT2D eigenvalue weighted by Crippen LogP contribution is -2.46. The maximum atomic E-state index is 12.6. The van der Waals surface area contributed by atoms with E-state index in [1.807, 2.05) is 54.6 Å². The number of ether oxygens (including phenoxy) is 1. The average Bonchev–Trinajstić information content (AvgIpc) is 2.61. The van der Waals surface area contributed by atoms with E-state index in [2.05, 4.69) is 5.32 Å². The molecule has 0 unspecified atom stereocenters. The molecule has 0 aromatic heterocycles. The van der Waals surface area contributed by atoms with E-state index >= 15 is 0 Å². The highest BCUT2D eigenvalue weighted by Gasteiger charge is 2.30. The van der Waals surface area contributed by atoms with Crippen molar-refractivity contribution >= 4 is 5.91 Å². The number of nitrogens with one attached hydrogen (secondary N) is 1. The van der Waals surface area contributed by atoms with Crippen molar-refractivity contribution < 1.29 is 14.6 Å². The number of hydrogen-bond acceptors (Lipinski definition) is 3. The summed E-state index contributed by atoms with van der Waals surface area (Å²) < 4.78 is 5.26. The van der Waals surface area contributed by atoms with Gasteiger partial charge < -0.3 is 15.2 Å². The summed E-state index contributed by atoms with van der Waals surface area (Å²) in [5.74, 6) is -0.163. The molecule has 2 aromatic rings. The van der Waals surface area contributed by atoms with Gasteiger partial charge in [0.2, 0.25) is 0 Å². The van der Waals surface area contributed by atoms with Gasteiger partial charge in [-0.05, 0) is 17.2 Å². The maximum Gasteiger partial charge on any atom is 0.252 e. The van der Waals surface area contributed by atoms with E-state index < -0.39 is 5.60 Å². The van der Waals surface area contributed by atoms with Gasteiger partial charge in [0.1, 0.15) is 0 Å². The largest absolute Gasteiger partial charge is 0.388 e. The molecule has 120 valence electrons. The summed E-state index contributed by atoms with van der Waals surface area (Å²) in [6, 6.07) is 17.3. The van der Waals surface area contributed by atoms with E-state index in [0.717, 1.165) is 11.1 Å². The van der Waals surface area contributed by atoms with Gasteiger partial charge in [-0.15, -0.1) is 0 Å². The molecule has 3 rings (SSSR count). The second-order valence-electron chi connectivity index (χ2n) is 5.93. The Balaban J connectivity index is 1.75. The van der Waals surface area contributed by atoms with E-state index in [4.69, 9.17) is 4.74 Å². The van der Waals surface area contributed by atoms with Gasteiger partial charge in [-0.25, -0.2) is 0 Å². The van der Waals surface area contributed by atoms with Gasteiger partial charge in [-0.3, -0.25) is 4.79 Å². The van der Waals surface area contributed by atoms with Crippen molar-refractivity contribution in [2.24, 2.45) is 0 Å². The van der Waals surface area contributed by atoms with Crippen molar-refractivity contribution in [2.75, 3.05) is 19.8 Å². The molecule has 1 fully saturated rings. The molecule has 0 bridgehead atoms. The van der Waals surface area contributed by atoms with Crippen molar-refractivity contribution in [3.8, 4) is 11.1 Å². The molecule has 1 saturated heterocycles. The minimum absolute atomic E-state index is 0.163. The molecule has 1 amide bonds. The van der Waals surface area contributed by atoms with Crippen molar-refractivity contribution in [1.82, 2.24) is 5.32 Å². The normalized spacial score (nSPS) is 16.7. The van der Waals surface area contributed by atoms with E-state index in [9.17, 15) is 9.90 Å². The van der Waals surface area contributed by atoms with Crippen molar-refractivity contribution in [1.29, 1.82) is 0 Å². The second kappa shape index (κ2) is 6.94. The summed E-state index contributed by atoms with van der Waals surface area (Å²) >= 11 is 0. The van der Waals surface area contributed by atoms with Gasteiger partial charge in [0, 0.05) is 38.2 Å². The van der Waals surface area contributed by atoms with Crippen LogP contribution < -0.4 is 5.32 Å². The maximum absolute atomic E-state index is 12.6. The van der Waals surface area contributed by atoms with Crippen LogP contribution in [0.4, 0.5) is 0 Å². The van der Waals surface area contributed by atoms with Crippen LogP contribution in [-0.4, -0.2) is 36.4 Å². The summed E-state index contributed by atoms with van der Waals surface area (Å²) in [5.41, 5.74) is 1.65. The molecule has 2 N–H and O–H groups in total. The molecule has 4 heteroatoms. The molecule has 0 atom stereocenters. The SMILES string of the molecule is O=C(NCC1(O)CCOCC1)c1ccccc1-c1ccccc1. The zero-order valence-corrected chi connectivity index (χ0v) is 13.0. The zero-order chi connectivity index (χ0) is 16.1. The molecule has 23 heavy (non-hydrogen) atoms. The Hall–Kier alpha value is -2.17. The highest BCUT2D eigenvalue weighted by Crippen LogP contribution is 2.24. The fraction of sp³-hybridized carbons (Fsp3) is 0.316. The highest BCUT2D eigenvalue weighted by molar-refractivity contribution is 6.00. The summed E-state index contributed by atoms with van der Waals surface area (Å²) in [6.45, 7) is 1.32. The molecule has 4 nitrogen and oxygen atoms in total. The lowest BCUT2D eigenvalue weighted by molar-refractivity contribution is -0.0605. The Morgan fingerprint density at radius 3 is 2.43 bits per heavy atom. The Labute approximate surface area is 136 Å². The van der Waals surface area contributed by atoms with E-state index in [0.29, 0.717) is 31.6 Å². The second-order valence-corrected chi connectivity index (χ2v) is 5.93. The van der Waals surface area contributed by atoms with Crippen LogP contribution >= 0.6 is 0 Å². The number of benzene rings is 2. The van der Waals surface area contributed by atoms with Crippen LogP contribution in [0.2, 0.25) is 0 Å². The summed E-state index contributed by atoms with van der Waals surface area (Å²) in [5, 5.41) is 13.3. The first-order chi connectivity index (χ1) is 11.2. The summed E-state index contributed by atoms with van der Waals surface area (Å²) in [7, 11) is 0. The number of carbonyl (C=O) groups is 1. The summed E-state index contributed by atoms with van der Waals surface area (Å²) in [4.78, 5) is 12.6. The molecule has 0 spiro atoms. The smallest absolute Gasteiger partial charge is 0.252 e. The fourth-order valence-corrected chi connectivity index (χ4v) is 2.82. The van der Waals surface area contributed by atoms with Gasteiger partial charge in [0.05, 0.1) is 5.60 Å². The van der Waals surface area contributed by atoms with Gasteiger partial charge in [0.15, 0.2) is 0 Å². The van der Waals surface area contributed by atoms with Crippen LogP contribution in [0.25, 0.3) is 11.1 Å². The molecular weight excluding hydrogens is 290 g/mol. The lowest BCUT2D eigenvalue weighted by Gasteiger charge is -2.32. The monoisotopic (exact) mass is 311 g/mol. The molecule has 0 saturated carbocycles. The number of carbonyl (C=O) groups excluding carboxylic acids is 1. The van der Waals surface area contributed by atoms with E-state index in [-0.39, 0.29) is 12.5 Å². The van der Waals surface area contributed by atoms with Crippen molar-refractivity contribution in [2.45, 2.75) is 18.4 Å².